The second-order valence-electron chi connectivity index (χ2n) is 6.25. The molecule has 5 heteroatoms. The predicted molar refractivity (Wildman–Crippen MR) is 66.8 cm³/mol. The number of aromatic nitrogens is 2. The van der Waals surface area contributed by atoms with E-state index in [0.29, 0.717) is 24.8 Å². The van der Waals surface area contributed by atoms with E-state index in [1.807, 2.05) is 0 Å². The smallest absolute Gasteiger partial charge is 0.240 e. The first kappa shape index (κ1) is 13.5. The van der Waals surface area contributed by atoms with Gasteiger partial charge in [0.1, 0.15) is 6.17 Å². The fourth-order valence-corrected chi connectivity index (χ4v) is 2.68. The second kappa shape index (κ2) is 4.96. The summed E-state index contributed by atoms with van der Waals surface area (Å²) in [6.07, 6.45) is 0.111. The Morgan fingerprint density at radius 2 is 2.17 bits per heavy atom. The van der Waals surface area contributed by atoms with Gasteiger partial charge in [-0.25, -0.2) is 4.39 Å². The first-order valence-corrected chi connectivity index (χ1v) is 6.52. The maximum absolute atomic E-state index is 14.2. The summed E-state index contributed by atoms with van der Waals surface area (Å²) >= 11 is 0. The number of piperidine rings is 1. The van der Waals surface area contributed by atoms with Gasteiger partial charge in [-0.2, -0.15) is 4.98 Å². The molecule has 1 fully saturated rings. The normalized spacial score (nSPS) is 26.5. The maximum atomic E-state index is 14.2. The van der Waals surface area contributed by atoms with Crippen LogP contribution in [0.4, 0.5) is 4.39 Å². The Bertz CT molecular complexity index is 399. The van der Waals surface area contributed by atoms with Gasteiger partial charge in [-0.15, -0.1) is 0 Å². The minimum absolute atomic E-state index is 0.0343. The van der Waals surface area contributed by atoms with Crippen LogP contribution in [0.25, 0.3) is 0 Å². The Labute approximate surface area is 108 Å². The first-order valence-electron chi connectivity index (χ1n) is 6.52. The average Bonchev–Trinajstić information content (AvgIpc) is 2.62. The molecule has 0 radical (unpaired) electrons. The van der Waals surface area contributed by atoms with E-state index in [1.165, 1.54) is 0 Å². The van der Waals surface area contributed by atoms with Crippen LogP contribution in [-0.2, 0) is 6.54 Å². The van der Waals surface area contributed by atoms with Crippen LogP contribution in [0, 0.1) is 18.3 Å². The van der Waals surface area contributed by atoms with E-state index in [2.05, 4.69) is 35.8 Å². The van der Waals surface area contributed by atoms with Crippen LogP contribution < -0.4 is 0 Å². The summed E-state index contributed by atoms with van der Waals surface area (Å²) in [4.78, 5) is 6.21. The van der Waals surface area contributed by atoms with Gasteiger partial charge in [0.15, 0.2) is 5.82 Å². The number of halogens is 1. The van der Waals surface area contributed by atoms with Gasteiger partial charge in [-0.05, 0) is 31.2 Å². The highest BCUT2D eigenvalue weighted by molar-refractivity contribution is 4.90. The molecular formula is C13H22FN3O. The quantitative estimate of drug-likeness (QED) is 0.814. The highest BCUT2D eigenvalue weighted by atomic mass is 19.1. The molecule has 2 rings (SSSR count). The molecule has 4 nitrogen and oxygen atoms in total. The van der Waals surface area contributed by atoms with E-state index in [9.17, 15) is 4.39 Å². The van der Waals surface area contributed by atoms with E-state index >= 15 is 0 Å². The Kier molecular flexibility index (Phi) is 3.71. The molecule has 0 aromatic carbocycles. The van der Waals surface area contributed by atoms with Crippen LogP contribution in [0.15, 0.2) is 4.52 Å². The minimum Gasteiger partial charge on any atom is -0.338 e. The molecule has 1 aliphatic heterocycles. The Morgan fingerprint density at radius 3 is 2.67 bits per heavy atom. The number of nitrogens with zero attached hydrogens (tertiary/aromatic N) is 3. The van der Waals surface area contributed by atoms with Crippen molar-refractivity contribution in [2.24, 2.45) is 11.3 Å². The Balaban J connectivity index is 1.92. The number of alkyl halides is 1. The summed E-state index contributed by atoms with van der Waals surface area (Å²) in [5.41, 5.74) is 0.0343. The van der Waals surface area contributed by atoms with Gasteiger partial charge in [0.2, 0.25) is 5.89 Å². The zero-order valence-corrected chi connectivity index (χ0v) is 11.6. The third-order valence-corrected chi connectivity index (χ3v) is 3.67. The number of likely N-dealkylation sites (tertiary alicyclic amines) is 1. The molecule has 2 atom stereocenters. The number of rotatable bonds is 2. The van der Waals surface area contributed by atoms with Crippen LogP contribution in [0.5, 0.6) is 0 Å². The lowest BCUT2D eigenvalue weighted by Crippen LogP contribution is -2.45. The van der Waals surface area contributed by atoms with Crippen molar-refractivity contribution in [2.75, 3.05) is 13.1 Å². The van der Waals surface area contributed by atoms with E-state index < -0.39 is 6.17 Å². The molecule has 1 aromatic rings. The van der Waals surface area contributed by atoms with Crippen molar-refractivity contribution < 1.29 is 8.91 Å². The summed E-state index contributed by atoms with van der Waals surface area (Å²) in [7, 11) is 0. The summed E-state index contributed by atoms with van der Waals surface area (Å²) < 4.78 is 19.3. The molecule has 0 bridgehead atoms. The molecule has 1 saturated heterocycles. The van der Waals surface area contributed by atoms with Crippen LogP contribution in [0.3, 0.4) is 0 Å². The number of hydrogen-bond donors (Lipinski definition) is 0. The van der Waals surface area contributed by atoms with Crippen LogP contribution in [0.2, 0.25) is 0 Å². The molecule has 0 N–H and O–H groups in total. The fourth-order valence-electron chi connectivity index (χ4n) is 2.68. The molecule has 2 unspecified atom stereocenters. The van der Waals surface area contributed by atoms with Crippen molar-refractivity contribution in [1.29, 1.82) is 0 Å². The zero-order valence-electron chi connectivity index (χ0n) is 11.6. The van der Waals surface area contributed by atoms with Gasteiger partial charge in [0, 0.05) is 6.54 Å². The predicted octanol–water partition coefficient (Wildman–Crippen LogP) is 2.58. The molecule has 18 heavy (non-hydrogen) atoms. The molecule has 0 spiro atoms. The molecule has 0 saturated carbocycles. The van der Waals surface area contributed by atoms with Crippen molar-refractivity contribution in [3.05, 3.63) is 11.7 Å². The third kappa shape index (κ3) is 3.07. The molecular weight excluding hydrogens is 233 g/mol. The highest BCUT2D eigenvalue weighted by Crippen LogP contribution is 2.36. The van der Waals surface area contributed by atoms with E-state index in [0.717, 1.165) is 13.0 Å². The maximum Gasteiger partial charge on any atom is 0.240 e. The minimum atomic E-state index is -0.775. The summed E-state index contributed by atoms with van der Waals surface area (Å²) in [5.74, 6) is 1.35. The Hall–Kier alpha value is -0.970. The van der Waals surface area contributed by atoms with Crippen molar-refractivity contribution in [1.82, 2.24) is 15.0 Å². The van der Waals surface area contributed by atoms with Gasteiger partial charge in [0.25, 0.3) is 0 Å². The van der Waals surface area contributed by atoms with E-state index in [1.54, 1.807) is 6.92 Å². The molecule has 102 valence electrons. The zero-order chi connectivity index (χ0) is 13.3. The average molecular weight is 255 g/mol. The highest BCUT2D eigenvalue weighted by Gasteiger charge is 2.37. The van der Waals surface area contributed by atoms with Gasteiger partial charge in [0.05, 0.1) is 6.54 Å². The topological polar surface area (TPSA) is 42.2 Å². The van der Waals surface area contributed by atoms with Gasteiger partial charge < -0.3 is 4.52 Å². The van der Waals surface area contributed by atoms with Crippen molar-refractivity contribution >= 4 is 0 Å². The summed E-state index contributed by atoms with van der Waals surface area (Å²) in [6, 6.07) is 0. The molecule has 0 amide bonds. The fraction of sp³-hybridized carbons (Fsp3) is 0.846. The molecule has 1 aromatic heterocycles. The van der Waals surface area contributed by atoms with Crippen molar-refractivity contribution in [3.63, 3.8) is 0 Å². The Morgan fingerprint density at radius 1 is 1.44 bits per heavy atom. The van der Waals surface area contributed by atoms with Crippen LogP contribution in [-0.4, -0.2) is 34.3 Å². The molecule has 2 heterocycles. The van der Waals surface area contributed by atoms with Gasteiger partial charge >= 0.3 is 0 Å². The van der Waals surface area contributed by atoms with Crippen molar-refractivity contribution in [3.8, 4) is 0 Å². The number of aryl methyl sites for hydroxylation is 1. The monoisotopic (exact) mass is 255 g/mol. The molecule has 1 aliphatic rings. The second-order valence-corrected chi connectivity index (χ2v) is 6.25. The molecule has 0 aliphatic carbocycles. The summed E-state index contributed by atoms with van der Waals surface area (Å²) in [5, 5.41) is 3.75. The van der Waals surface area contributed by atoms with Crippen molar-refractivity contribution in [2.45, 2.75) is 46.8 Å². The first-order chi connectivity index (χ1) is 8.36. The lowest BCUT2D eigenvalue weighted by Gasteiger charge is -2.40. The largest absolute Gasteiger partial charge is 0.338 e. The SMILES string of the molecule is Cc1noc(CN2CCC(C(C)(C)C)C(F)C2)n1. The van der Waals surface area contributed by atoms with E-state index in [-0.39, 0.29) is 11.3 Å². The summed E-state index contributed by atoms with van der Waals surface area (Å²) in [6.45, 7) is 10.0. The van der Waals surface area contributed by atoms with Gasteiger partial charge in [-0.3, -0.25) is 4.90 Å². The van der Waals surface area contributed by atoms with Crippen LogP contribution in [0.1, 0.15) is 38.9 Å². The van der Waals surface area contributed by atoms with E-state index in [4.69, 9.17) is 4.52 Å². The van der Waals surface area contributed by atoms with Crippen LogP contribution >= 0.6 is 0 Å². The number of hydrogen-bond acceptors (Lipinski definition) is 4. The standard InChI is InChI=1S/C13H22FN3O/c1-9-15-12(18-16-9)8-17-6-5-10(11(14)7-17)13(2,3)4/h10-11H,5-8H2,1-4H3. The lowest BCUT2D eigenvalue weighted by molar-refractivity contribution is 0.0197. The third-order valence-electron chi connectivity index (χ3n) is 3.67. The van der Waals surface area contributed by atoms with Gasteiger partial charge in [-0.1, -0.05) is 25.9 Å². The lowest BCUT2D eigenvalue weighted by atomic mass is 9.74.